The Morgan fingerprint density at radius 3 is 2.47 bits per heavy atom. The van der Waals surface area contributed by atoms with Crippen molar-refractivity contribution in [3.63, 3.8) is 0 Å². The highest BCUT2D eigenvalue weighted by atomic mass is 35.5. The molecular formula is C16H15ClO2. The Labute approximate surface area is 117 Å². The van der Waals surface area contributed by atoms with Gasteiger partial charge in [-0.05, 0) is 29.3 Å². The summed E-state index contributed by atoms with van der Waals surface area (Å²) in [6.07, 6.45) is 3.93. The molecule has 19 heavy (non-hydrogen) atoms. The topological polar surface area (TPSA) is 29.5 Å². The summed E-state index contributed by atoms with van der Waals surface area (Å²) in [6.45, 7) is -0.0513. The number of hydrogen-bond acceptors (Lipinski definition) is 2. The molecule has 2 aromatic rings. The predicted octanol–water partition coefficient (Wildman–Crippen LogP) is 4.01. The van der Waals surface area contributed by atoms with Crippen molar-refractivity contribution in [1.82, 2.24) is 0 Å². The second-order valence-corrected chi connectivity index (χ2v) is 4.51. The lowest BCUT2D eigenvalue weighted by Gasteiger charge is -2.09. The molecule has 0 unspecified atom stereocenters. The van der Waals surface area contributed by atoms with Gasteiger partial charge < -0.3 is 9.84 Å². The fraction of sp³-hybridized carbons (Fsp3) is 0.125. The molecule has 0 bridgehead atoms. The second-order valence-electron chi connectivity index (χ2n) is 4.07. The molecule has 0 atom stereocenters. The molecule has 0 aliphatic rings. The summed E-state index contributed by atoms with van der Waals surface area (Å²) in [4.78, 5) is 0. The van der Waals surface area contributed by atoms with E-state index in [1.807, 2.05) is 54.6 Å². The van der Waals surface area contributed by atoms with Crippen LogP contribution in [0.2, 0.25) is 5.02 Å². The van der Waals surface area contributed by atoms with Crippen molar-refractivity contribution in [2.75, 3.05) is 7.11 Å². The maximum atomic E-state index is 9.43. The highest BCUT2D eigenvalue weighted by Gasteiger charge is 2.05. The first-order valence-electron chi connectivity index (χ1n) is 5.95. The van der Waals surface area contributed by atoms with Crippen molar-refractivity contribution in [1.29, 1.82) is 0 Å². The Hall–Kier alpha value is -1.77. The van der Waals surface area contributed by atoms with E-state index >= 15 is 0 Å². The molecule has 0 aromatic heterocycles. The van der Waals surface area contributed by atoms with Gasteiger partial charge in [0.1, 0.15) is 5.75 Å². The van der Waals surface area contributed by atoms with Crippen LogP contribution in [0, 0.1) is 0 Å². The summed E-state index contributed by atoms with van der Waals surface area (Å²) >= 11 is 5.84. The standard InChI is InChI=1S/C16H15ClO2/c1-19-16-4-2-3-13(15(16)11-18)8-5-12-6-9-14(17)10-7-12/h2-10,18H,11H2,1H3/b8-5+. The van der Waals surface area contributed by atoms with Crippen LogP contribution in [-0.4, -0.2) is 12.2 Å². The number of ether oxygens (including phenoxy) is 1. The fourth-order valence-electron chi connectivity index (χ4n) is 1.86. The smallest absolute Gasteiger partial charge is 0.124 e. The number of halogens is 1. The Bertz CT molecular complexity index is 574. The molecule has 1 N–H and O–H groups in total. The molecule has 2 aromatic carbocycles. The van der Waals surface area contributed by atoms with E-state index in [2.05, 4.69) is 0 Å². The highest BCUT2D eigenvalue weighted by molar-refractivity contribution is 6.30. The predicted molar refractivity (Wildman–Crippen MR) is 79.3 cm³/mol. The van der Waals surface area contributed by atoms with Gasteiger partial charge in [-0.15, -0.1) is 0 Å². The van der Waals surface area contributed by atoms with Crippen LogP contribution in [0.4, 0.5) is 0 Å². The summed E-state index contributed by atoms with van der Waals surface area (Å²) in [6, 6.07) is 13.3. The Balaban J connectivity index is 2.30. The lowest BCUT2D eigenvalue weighted by atomic mass is 10.1. The number of methoxy groups -OCH3 is 1. The third kappa shape index (κ3) is 3.37. The van der Waals surface area contributed by atoms with Gasteiger partial charge in [-0.25, -0.2) is 0 Å². The van der Waals surface area contributed by atoms with Crippen LogP contribution in [0.5, 0.6) is 5.75 Å². The van der Waals surface area contributed by atoms with Gasteiger partial charge in [0, 0.05) is 10.6 Å². The van der Waals surface area contributed by atoms with Crippen molar-refractivity contribution < 1.29 is 9.84 Å². The van der Waals surface area contributed by atoms with Gasteiger partial charge in [-0.3, -0.25) is 0 Å². The molecule has 2 rings (SSSR count). The number of hydrogen-bond donors (Lipinski definition) is 1. The molecule has 3 heteroatoms. The summed E-state index contributed by atoms with van der Waals surface area (Å²) in [5, 5.41) is 10.1. The van der Waals surface area contributed by atoms with Crippen molar-refractivity contribution in [3.8, 4) is 5.75 Å². The first-order chi connectivity index (χ1) is 9.24. The fourth-order valence-corrected chi connectivity index (χ4v) is 1.99. The van der Waals surface area contributed by atoms with Crippen LogP contribution in [-0.2, 0) is 6.61 Å². The average molecular weight is 275 g/mol. The van der Waals surface area contributed by atoms with E-state index in [9.17, 15) is 5.11 Å². The van der Waals surface area contributed by atoms with Crippen molar-refractivity contribution in [2.45, 2.75) is 6.61 Å². The van der Waals surface area contributed by atoms with Gasteiger partial charge >= 0.3 is 0 Å². The van der Waals surface area contributed by atoms with E-state index in [4.69, 9.17) is 16.3 Å². The molecule has 0 aliphatic heterocycles. The first kappa shape index (κ1) is 13.7. The molecule has 0 spiro atoms. The minimum Gasteiger partial charge on any atom is -0.496 e. The molecular weight excluding hydrogens is 260 g/mol. The Morgan fingerprint density at radius 2 is 1.84 bits per heavy atom. The van der Waals surface area contributed by atoms with E-state index in [1.54, 1.807) is 7.11 Å². The van der Waals surface area contributed by atoms with Crippen molar-refractivity contribution in [2.24, 2.45) is 0 Å². The van der Waals surface area contributed by atoms with Gasteiger partial charge in [0.05, 0.1) is 13.7 Å². The van der Waals surface area contributed by atoms with E-state index in [0.29, 0.717) is 5.75 Å². The summed E-state index contributed by atoms with van der Waals surface area (Å²) in [5.74, 6) is 0.695. The zero-order valence-electron chi connectivity index (χ0n) is 10.6. The molecule has 0 saturated carbocycles. The van der Waals surface area contributed by atoms with Gasteiger partial charge in [0.2, 0.25) is 0 Å². The molecule has 98 valence electrons. The molecule has 0 saturated heterocycles. The zero-order chi connectivity index (χ0) is 13.7. The quantitative estimate of drug-likeness (QED) is 0.854. The zero-order valence-corrected chi connectivity index (χ0v) is 11.4. The van der Waals surface area contributed by atoms with Crippen LogP contribution in [0.1, 0.15) is 16.7 Å². The molecule has 0 fully saturated rings. The third-order valence-electron chi connectivity index (χ3n) is 2.87. The van der Waals surface area contributed by atoms with Gasteiger partial charge in [0.25, 0.3) is 0 Å². The monoisotopic (exact) mass is 274 g/mol. The second kappa shape index (κ2) is 6.41. The average Bonchev–Trinajstić information content (AvgIpc) is 2.46. The van der Waals surface area contributed by atoms with E-state index < -0.39 is 0 Å². The highest BCUT2D eigenvalue weighted by Crippen LogP contribution is 2.24. The number of benzene rings is 2. The summed E-state index contributed by atoms with van der Waals surface area (Å²) in [7, 11) is 1.60. The molecule has 0 aliphatic carbocycles. The van der Waals surface area contributed by atoms with E-state index in [1.165, 1.54) is 0 Å². The first-order valence-corrected chi connectivity index (χ1v) is 6.33. The van der Waals surface area contributed by atoms with Gasteiger partial charge in [-0.2, -0.15) is 0 Å². The lowest BCUT2D eigenvalue weighted by Crippen LogP contribution is -1.94. The lowest BCUT2D eigenvalue weighted by molar-refractivity contribution is 0.273. The maximum Gasteiger partial charge on any atom is 0.124 e. The van der Waals surface area contributed by atoms with Crippen LogP contribution >= 0.6 is 11.6 Å². The molecule has 0 amide bonds. The van der Waals surface area contributed by atoms with Crippen LogP contribution in [0.15, 0.2) is 42.5 Å². The minimum atomic E-state index is -0.0513. The number of aliphatic hydroxyl groups is 1. The molecule has 0 radical (unpaired) electrons. The molecule has 2 nitrogen and oxygen atoms in total. The SMILES string of the molecule is COc1cccc(/C=C/c2ccc(Cl)cc2)c1CO. The minimum absolute atomic E-state index is 0.0513. The van der Waals surface area contributed by atoms with Gasteiger partial charge in [-0.1, -0.05) is 48.0 Å². The summed E-state index contributed by atoms with van der Waals surface area (Å²) in [5.41, 5.74) is 2.78. The largest absolute Gasteiger partial charge is 0.496 e. The van der Waals surface area contributed by atoms with Crippen LogP contribution in [0.25, 0.3) is 12.2 Å². The van der Waals surface area contributed by atoms with Gasteiger partial charge in [0.15, 0.2) is 0 Å². The maximum absolute atomic E-state index is 9.43. The van der Waals surface area contributed by atoms with E-state index in [0.717, 1.165) is 21.7 Å². The van der Waals surface area contributed by atoms with Crippen LogP contribution in [0.3, 0.4) is 0 Å². The Morgan fingerprint density at radius 1 is 1.11 bits per heavy atom. The van der Waals surface area contributed by atoms with Crippen LogP contribution < -0.4 is 4.74 Å². The van der Waals surface area contributed by atoms with Crippen molar-refractivity contribution >= 4 is 23.8 Å². The number of aliphatic hydroxyl groups excluding tert-OH is 1. The van der Waals surface area contributed by atoms with Crippen molar-refractivity contribution in [3.05, 3.63) is 64.2 Å². The third-order valence-corrected chi connectivity index (χ3v) is 3.12. The summed E-state index contributed by atoms with van der Waals surface area (Å²) < 4.78 is 5.23. The molecule has 0 heterocycles. The van der Waals surface area contributed by atoms with E-state index in [-0.39, 0.29) is 6.61 Å². The number of rotatable bonds is 4. The normalized spacial score (nSPS) is 10.9. The Kier molecular flexibility index (Phi) is 4.61.